The van der Waals surface area contributed by atoms with Crippen molar-refractivity contribution in [2.75, 3.05) is 13.2 Å². The fraction of sp³-hybridized carbons (Fsp3) is 0.727. The second-order valence-corrected chi connectivity index (χ2v) is 4.02. The molecule has 18 heavy (non-hydrogen) atoms. The first-order valence-electron chi connectivity index (χ1n) is 5.70. The maximum atomic E-state index is 11.7. The largest absolute Gasteiger partial charge is 0.456 e. The molecule has 0 radical (unpaired) electrons. The summed E-state index contributed by atoms with van der Waals surface area (Å²) >= 11 is 0. The number of hydrogen-bond acceptors (Lipinski definition) is 6. The Morgan fingerprint density at radius 3 is 2.44 bits per heavy atom. The molecular weight excluding hydrogens is 242 g/mol. The first kappa shape index (κ1) is 14.4. The Balaban J connectivity index is 2.76. The maximum Gasteiger partial charge on any atom is 0.304 e. The standard InChI is InChI=1S/C11H17NO6/c1-7(14)17-9-6-10(16)12(4-3-5-13)11(9)18-8(2)15/h9,11,13H,3-6H2,1-2H3/t9-,11+/m0/s1. The van der Waals surface area contributed by atoms with Crippen molar-refractivity contribution >= 4 is 17.8 Å². The molecule has 1 amide bonds. The van der Waals surface area contributed by atoms with Crippen LogP contribution in [0.4, 0.5) is 0 Å². The Labute approximate surface area is 105 Å². The van der Waals surface area contributed by atoms with E-state index in [2.05, 4.69) is 0 Å². The van der Waals surface area contributed by atoms with Gasteiger partial charge in [-0.2, -0.15) is 0 Å². The SMILES string of the molecule is CC(=O)O[C@H]1CC(=O)N(CCCO)[C@@H]1OC(C)=O. The van der Waals surface area contributed by atoms with Gasteiger partial charge in [0.1, 0.15) is 0 Å². The van der Waals surface area contributed by atoms with E-state index in [0.717, 1.165) is 0 Å². The molecule has 1 rings (SSSR count). The summed E-state index contributed by atoms with van der Waals surface area (Å²) in [5.74, 6) is -1.35. The third-order valence-electron chi connectivity index (χ3n) is 2.48. The number of likely N-dealkylation sites (tertiary alicyclic amines) is 1. The summed E-state index contributed by atoms with van der Waals surface area (Å²) in [6, 6.07) is 0. The van der Waals surface area contributed by atoms with Crippen LogP contribution in [0.3, 0.4) is 0 Å². The fourth-order valence-electron chi connectivity index (χ4n) is 1.85. The van der Waals surface area contributed by atoms with E-state index in [1.807, 2.05) is 0 Å². The summed E-state index contributed by atoms with van der Waals surface area (Å²) in [7, 11) is 0. The Kier molecular flexibility index (Phi) is 5.08. The molecule has 0 unspecified atom stereocenters. The highest BCUT2D eigenvalue weighted by molar-refractivity contribution is 5.81. The summed E-state index contributed by atoms with van der Waals surface area (Å²) < 4.78 is 9.98. The van der Waals surface area contributed by atoms with Crippen LogP contribution in [0.5, 0.6) is 0 Å². The molecule has 0 aromatic carbocycles. The summed E-state index contributed by atoms with van der Waals surface area (Å²) in [6.45, 7) is 2.63. The van der Waals surface area contributed by atoms with Gasteiger partial charge in [0.15, 0.2) is 6.10 Å². The van der Waals surface area contributed by atoms with Gasteiger partial charge in [0.25, 0.3) is 0 Å². The highest BCUT2D eigenvalue weighted by Crippen LogP contribution is 2.24. The predicted octanol–water partition coefficient (Wildman–Crippen LogP) is -0.578. The van der Waals surface area contributed by atoms with Gasteiger partial charge in [-0.15, -0.1) is 0 Å². The van der Waals surface area contributed by atoms with Crippen molar-refractivity contribution < 1.29 is 29.0 Å². The highest BCUT2D eigenvalue weighted by atomic mass is 16.6. The third kappa shape index (κ3) is 3.69. The molecule has 0 saturated carbocycles. The van der Waals surface area contributed by atoms with E-state index >= 15 is 0 Å². The van der Waals surface area contributed by atoms with E-state index in [0.29, 0.717) is 6.42 Å². The number of rotatable bonds is 5. The number of nitrogens with zero attached hydrogens (tertiary/aromatic N) is 1. The average Bonchev–Trinajstić information content (AvgIpc) is 2.51. The van der Waals surface area contributed by atoms with Crippen molar-refractivity contribution in [2.24, 2.45) is 0 Å². The first-order valence-corrected chi connectivity index (χ1v) is 5.70. The Morgan fingerprint density at radius 1 is 1.33 bits per heavy atom. The van der Waals surface area contributed by atoms with Crippen LogP contribution in [-0.2, 0) is 23.9 Å². The highest BCUT2D eigenvalue weighted by Gasteiger charge is 2.43. The molecular formula is C11H17NO6. The zero-order valence-electron chi connectivity index (χ0n) is 10.4. The van der Waals surface area contributed by atoms with Gasteiger partial charge in [-0.3, -0.25) is 14.4 Å². The summed E-state index contributed by atoms with van der Waals surface area (Å²) in [6.07, 6.45) is -1.32. The van der Waals surface area contributed by atoms with Gasteiger partial charge < -0.3 is 19.5 Å². The average molecular weight is 259 g/mol. The zero-order valence-corrected chi connectivity index (χ0v) is 10.4. The molecule has 0 bridgehead atoms. The summed E-state index contributed by atoms with van der Waals surface area (Å²) in [4.78, 5) is 35.0. The van der Waals surface area contributed by atoms with Crippen LogP contribution in [0, 0.1) is 0 Å². The van der Waals surface area contributed by atoms with Crippen LogP contribution >= 0.6 is 0 Å². The van der Waals surface area contributed by atoms with E-state index in [1.165, 1.54) is 18.7 Å². The quantitative estimate of drug-likeness (QED) is 0.664. The van der Waals surface area contributed by atoms with Gasteiger partial charge in [-0.25, -0.2) is 0 Å². The van der Waals surface area contributed by atoms with E-state index in [1.54, 1.807) is 0 Å². The topological polar surface area (TPSA) is 93.1 Å². The summed E-state index contributed by atoms with van der Waals surface area (Å²) in [5, 5.41) is 8.76. The van der Waals surface area contributed by atoms with E-state index in [9.17, 15) is 14.4 Å². The van der Waals surface area contributed by atoms with Gasteiger partial charge >= 0.3 is 11.9 Å². The van der Waals surface area contributed by atoms with Crippen LogP contribution in [0.15, 0.2) is 0 Å². The van der Waals surface area contributed by atoms with E-state index in [-0.39, 0.29) is 25.5 Å². The van der Waals surface area contributed by atoms with Crippen molar-refractivity contribution in [3.05, 3.63) is 0 Å². The lowest BCUT2D eigenvalue weighted by Crippen LogP contribution is -2.42. The predicted molar refractivity (Wildman–Crippen MR) is 59.1 cm³/mol. The molecule has 1 saturated heterocycles. The van der Waals surface area contributed by atoms with Crippen molar-refractivity contribution in [3.8, 4) is 0 Å². The first-order chi connectivity index (χ1) is 8.45. The molecule has 0 aromatic rings. The third-order valence-corrected chi connectivity index (χ3v) is 2.48. The maximum absolute atomic E-state index is 11.7. The van der Waals surface area contributed by atoms with Gasteiger partial charge in [0.05, 0.1) is 6.42 Å². The number of aliphatic hydroxyl groups excluding tert-OH is 1. The lowest BCUT2D eigenvalue weighted by atomic mass is 10.3. The molecule has 1 N–H and O–H groups in total. The number of carbonyl (C=O) groups is 3. The van der Waals surface area contributed by atoms with Gasteiger partial charge in [-0.1, -0.05) is 0 Å². The van der Waals surface area contributed by atoms with Crippen molar-refractivity contribution in [1.82, 2.24) is 4.90 Å². The molecule has 1 aliphatic rings. The molecule has 7 nitrogen and oxygen atoms in total. The van der Waals surface area contributed by atoms with Crippen LogP contribution in [0.1, 0.15) is 26.7 Å². The van der Waals surface area contributed by atoms with Gasteiger partial charge in [0.2, 0.25) is 12.1 Å². The number of ether oxygens (including phenoxy) is 2. The van der Waals surface area contributed by atoms with Crippen molar-refractivity contribution in [3.63, 3.8) is 0 Å². The molecule has 2 atom stereocenters. The second kappa shape index (κ2) is 6.34. The monoisotopic (exact) mass is 259 g/mol. The number of hydrogen-bond donors (Lipinski definition) is 1. The normalized spacial score (nSPS) is 23.1. The minimum atomic E-state index is -0.898. The molecule has 1 heterocycles. The Bertz CT molecular complexity index is 342. The second-order valence-electron chi connectivity index (χ2n) is 4.02. The molecule has 0 aliphatic carbocycles. The smallest absolute Gasteiger partial charge is 0.304 e. The molecule has 0 aromatic heterocycles. The molecule has 7 heteroatoms. The zero-order chi connectivity index (χ0) is 13.7. The van der Waals surface area contributed by atoms with Crippen LogP contribution in [-0.4, -0.2) is 53.3 Å². The summed E-state index contributed by atoms with van der Waals surface area (Å²) in [5.41, 5.74) is 0. The van der Waals surface area contributed by atoms with Gasteiger partial charge in [-0.05, 0) is 6.42 Å². The van der Waals surface area contributed by atoms with Gasteiger partial charge in [0, 0.05) is 27.0 Å². The minimum absolute atomic E-state index is 0.0110. The Morgan fingerprint density at radius 2 is 1.94 bits per heavy atom. The molecule has 0 spiro atoms. The van der Waals surface area contributed by atoms with Crippen molar-refractivity contribution in [1.29, 1.82) is 0 Å². The fourth-order valence-corrected chi connectivity index (χ4v) is 1.85. The minimum Gasteiger partial charge on any atom is -0.456 e. The molecule has 102 valence electrons. The Hall–Kier alpha value is -1.63. The number of aliphatic hydroxyl groups is 1. The number of amides is 1. The lowest BCUT2D eigenvalue weighted by molar-refractivity contribution is -0.173. The molecule has 1 aliphatic heterocycles. The van der Waals surface area contributed by atoms with E-state index in [4.69, 9.17) is 14.6 Å². The van der Waals surface area contributed by atoms with Crippen LogP contribution < -0.4 is 0 Å². The van der Waals surface area contributed by atoms with Crippen LogP contribution in [0.2, 0.25) is 0 Å². The van der Waals surface area contributed by atoms with Crippen LogP contribution in [0.25, 0.3) is 0 Å². The number of esters is 2. The van der Waals surface area contributed by atoms with Crippen molar-refractivity contribution in [2.45, 2.75) is 39.0 Å². The lowest BCUT2D eigenvalue weighted by Gasteiger charge is -2.26. The number of carbonyl (C=O) groups excluding carboxylic acids is 3. The molecule has 1 fully saturated rings. The van der Waals surface area contributed by atoms with E-state index < -0.39 is 24.3 Å².